The molecule has 0 aliphatic rings. The highest BCUT2D eigenvalue weighted by Crippen LogP contribution is 2.37. The minimum Gasteiger partial charge on any atom is -0.478 e. The molecule has 0 aliphatic carbocycles. The van der Waals surface area contributed by atoms with Crippen molar-refractivity contribution in [2.24, 2.45) is 0 Å². The summed E-state index contributed by atoms with van der Waals surface area (Å²) >= 11 is 2.21. The van der Waals surface area contributed by atoms with E-state index in [1.54, 1.807) is 12.1 Å². The molecule has 1 unspecified atom stereocenters. The molecule has 1 atom stereocenters. The predicted octanol–water partition coefficient (Wildman–Crippen LogP) is 5.11. The van der Waals surface area contributed by atoms with Gasteiger partial charge in [-0.25, -0.2) is 9.59 Å². The number of hydrogen-bond acceptors (Lipinski definition) is 3. The van der Waals surface area contributed by atoms with E-state index in [1.165, 1.54) is 12.1 Å². The molecule has 3 aromatic carbocycles. The minimum absolute atomic E-state index is 0.0260. The molecular weight excluding hydrogens is 455 g/mol. The van der Waals surface area contributed by atoms with Crippen molar-refractivity contribution in [1.82, 2.24) is 0 Å². The third-order valence-electron chi connectivity index (χ3n) is 4.39. The summed E-state index contributed by atoms with van der Waals surface area (Å²) < 4.78 is 6.91. The Morgan fingerprint density at radius 3 is 2.04 bits per heavy atom. The fourth-order valence-electron chi connectivity index (χ4n) is 2.96. The molecule has 3 aromatic rings. The van der Waals surface area contributed by atoms with Gasteiger partial charge in [-0.3, -0.25) is 0 Å². The lowest BCUT2D eigenvalue weighted by Gasteiger charge is -2.32. The van der Waals surface area contributed by atoms with Gasteiger partial charge in [0.05, 0.1) is 11.1 Å². The number of rotatable bonds is 5. The van der Waals surface area contributed by atoms with Gasteiger partial charge in [0.1, 0.15) is 0 Å². The van der Waals surface area contributed by atoms with Crippen LogP contribution in [0.25, 0.3) is 0 Å². The Bertz CT molecular complexity index is 984. The van der Waals surface area contributed by atoms with Crippen molar-refractivity contribution >= 4 is 34.5 Å². The van der Waals surface area contributed by atoms with Crippen LogP contribution in [0.15, 0.2) is 78.9 Å². The van der Waals surface area contributed by atoms with Crippen LogP contribution in [0.1, 0.15) is 38.8 Å². The number of carbonyl (C=O) groups excluding carboxylic acids is 1. The number of hydrogen-bond donors (Lipinski definition) is 1. The molecule has 0 aliphatic heterocycles. The van der Waals surface area contributed by atoms with E-state index in [1.807, 2.05) is 61.5 Å². The third kappa shape index (κ3) is 3.88. The number of carboxylic acids is 1. The number of benzene rings is 3. The van der Waals surface area contributed by atoms with E-state index in [2.05, 4.69) is 22.6 Å². The first-order valence-corrected chi connectivity index (χ1v) is 9.37. The molecule has 0 amide bonds. The zero-order chi connectivity index (χ0) is 19.4. The molecule has 4 nitrogen and oxygen atoms in total. The second-order valence-corrected chi connectivity index (χ2v) is 7.28. The lowest BCUT2D eigenvalue weighted by atomic mass is 9.87. The maximum absolute atomic E-state index is 13.0. The summed E-state index contributed by atoms with van der Waals surface area (Å²) in [6.45, 7) is 1.82. The Morgan fingerprint density at radius 1 is 0.852 bits per heavy atom. The van der Waals surface area contributed by atoms with E-state index < -0.39 is 17.5 Å². The molecular formula is C22H17IO4. The third-order valence-corrected chi connectivity index (χ3v) is 5.33. The lowest BCUT2D eigenvalue weighted by Crippen LogP contribution is -2.32. The van der Waals surface area contributed by atoms with Crippen molar-refractivity contribution < 1.29 is 19.4 Å². The number of esters is 1. The molecule has 0 saturated carbocycles. The second-order valence-electron chi connectivity index (χ2n) is 6.12. The lowest BCUT2D eigenvalue weighted by molar-refractivity contribution is 0.00552. The second kappa shape index (κ2) is 7.92. The van der Waals surface area contributed by atoms with Crippen molar-refractivity contribution in [3.05, 3.63) is 105 Å². The summed E-state index contributed by atoms with van der Waals surface area (Å²) in [4.78, 5) is 24.4. The van der Waals surface area contributed by atoms with Gasteiger partial charge >= 0.3 is 11.9 Å². The molecule has 1 N–H and O–H groups in total. The summed E-state index contributed by atoms with van der Waals surface area (Å²) in [7, 11) is 0. The Kier molecular flexibility index (Phi) is 5.60. The quantitative estimate of drug-likeness (QED) is 0.414. The molecule has 0 bridgehead atoms. The number of halogens is 1. The number of carboxylic acid groups (broad SMARTS) is 1. The van der Waals surface area contributed by atoms with Crippen molar-refractivity contribution in [3.63, 3.8) is 0 Å². The van der Waals surface area contributed by atoms with Gasteiger partial charge in [-0.05, 0) is 53.3 Å². The molecule has 0 heterocycles. The summed E-state index contributed by atoms with van der Waals surface area (Å²) in [5.74, 6) is -1.85. The summed E-state index contributed by atoms with van der Waals surface area (Å²) in [6, 6.07) is 23.1. The first kappa shape index (κ1) is 19.1. The van der Waals surface area contributed by atoms with Crippen molar-refractivity contribution in [3.8, 4) is 0 Å². The van der Waals surface area contributed by atoms with Crippen molar-refractivity contribution in [1.29, 1.82) is 0 Å². The Morgan fingerprint density at radius 2 is 1.41 bits per heavy atom. The number of ether oxygens (including phenoxy) is 1. The maximum Gasteiger partial charge on any atom is 0.340 e. The molecule has 0 fully saturated rings. The highest BCUT2D eigenvalue weighted by Gasteiger charge is 2.36. The number of aromatic carboxylic acids is 1. The summed E-state index contributed by atoms with van der Waals surface area (Å²) in [6.07, 6.45) is 0. The average molecular weight is 472 g/mol. The molecule has 27 heavy (non-hydrogen) atoms. The molecule has 5 heteroatoms. The molecule has 0 spiro atoms. The van der Waals surface area contributed by atoms with Crippen LogP contribution in [0, 0.1) is 3.57 Å². The van der Waals surface area contributed by atoms with Crippen LogP contribution < -0.4 is 0 Å². The highest BCUT2D eigenvalue weighted by atomic mass is 127. The zero-order valence-corrected chi connectivity index (χ0v) is 16.7. The molecule has 0 aromatic heterocycles. The maximum atomic E-state index is 13.0. The first-order chi connectivity index (χ1) is 12.9. The fraction of sp³-hybridized carbons (Fsp3) is 0.0909. The van der Waals surface area contributed by atoms with Crippen molar-refractivity contribution in [2.75, 3.05) is 0 Å². The van der Waals surface area contributed by atoms with E-state index in [0.29, 0.717) is 0 Å². The van der Waals surface area contributed by atoms with Gasteiger partial charge in [-0.2, -0.15) is 0 Å². The van der Waals surface area contributed by atoms with E-state index in [0.717, 1.165) is 14.7 Å². The summed E-state index contributed by atoms with van der Waals surface area (Å²) in [5, 5.41) is 9.38. The Hall–Kier alpha value is -2.67. The van der Waals surface area contributed by atoms with Crippen LogP contribution in [0.5, 0.6) is 0 Å². The standard InChI is InChI=1S/C22H17IO4/c1-22(15-9-3-2-4-10-15,18-13-7-8-14-19(18)23)27-21(26)17-12-6-5-11-16(17)20(24)25/h2-14H,1H3,(H,24,25). The topological polar surface area (TPSA) is 63.6 Å². The minimum atomic E-state index is -1.17. The fourth-order valence-corrected chi connectivity index (χ4v) is 3.86. The van der Waals surface area contributed by atoms with E-state index in [4.69, 9.17) is 4.74 Å². The van der Waals surface area contributed by atoms with Gasteiger partial charge in [-0.15, -0.1) is 0 Å². The molecule has 0 radical (unpaired) electrons. The smallest absolute Gasteiger partial charge is 0.340 e. The first-order valence-electron chi connectivity index (χ1n) is 8.29. The van der Waals surface area contributed by atoms with Gasteiger partial charge in [0.15, 0.2) is 5.60 Å². The average Bonchev–Trinajstić information content (AvgIpc) is 2.68. The van der Waals surface area contributed by atoms with Gasteiger partial charge in [0.2, 0.25) is 0 Å². The number of carbonyl (C=O) groups is 2. The predicted molar refractivity (Wildman–Crippen MR) is 111 cm³/mol. The molecule has 3 rings (SSSR count). The molecule has 0 saturated heterocycles. The Balaban J connectivity index is 2.10. The van der Waals surface area contributed by atoms with Crippen LogP contribution in [-0.2, 0) is 10.3 Å². The van der Waals surface area contributed by atoms with Crippen LogP contribution in [0.4, 0.5) is 0 Å². The van der Waals surface area contributed by atoms with E-state index in [-0.39, 0.29) is 11.1 Å². The van der Waals surface area contributed by atoms with Crippen LogP contribution in [-0.4, -0.2) is 17.0 Å². The summed E-state index contributed by atoms with van der Waals surface area (Å²) in [5.41, 5.74) is 0.508. The van der Waals surface area contributed by atoms with E-state index in [9.17, 15) is 14.7 Å². The highest BCUT2D eigenvalue weighted by molar-refractivity contribution is 14.1. The van der Waals surface area contributed by atoms with Crippen molar-refractivity contribution in [2.45, 2.75) is 12.5 Å². The van der Waals surface area contributed by atoms with Gasteiger partial charge in [0, 0.05) is 9.13 Å². The zero-order valence-electron chi connectivity index (χ0n) is 14.6. The largest absolute Gasteiger partial charge is 0.478 e. The van der Waals surface area contributed by atoms with E-state index >= 15 is 0 Å². The van der Waals surface area contributed by atoms with Crippen LogP contribution >= 0.6 is 22.6 Å². The Labute approximate surface area is 170 Å². The SMILES string of the molecule is CC(OC(=O)c1ccccc1C(=O)O)(c1ccccc1)c1ccccc1I. The monoisotopic (exact) mass is 472 g/mol. The normalized spacial score (nSPS) is 12.8. The van der Waals surface area contributed by atoms with Gasteiger partial charge < -0.3 is 9.84 Å². The van der Waals surface area contributed by atoms with Crippen LogP contribution in [0.2, 0.25) is 0 Å². The molecule has 136 valence electrons. The van der Waals surface area contributed by atoms with Crippen LogP contribution in [0.3, 0.4) is 0 Å². The van der Waals surface area contributed by atoms with Gasteiger partial charge in [-0.1, -0.05) is 60.7 Å². The van der Waals surface area contributed by atoms with Gasteiger partial charge in [0.25, 0.3) is 0 Å².